The van der Waals surface area contributed by atoms with E-state index in [9.17, 15) is 9.50 Å². The quantitative estimate of drug-likeness (QED) is 0.782. The number of aliphatic hydroxyl groups excluding tert-OH is 1. The molecule has 1 atom stereocenters. The van der Waals surface area contributed by atoms with Crippen molar-refractivity contribution >= 4 is 0 Å². The Morgan fingerprint density at radius 1 is 1.38 bits per heavy atom. The summed E-state index contributed by atoms with van der Waals surface area (Å²) in [7, 11) is 0. The lowest BCUT2D eigenvalue weighted by molar-refractivity contribution is 0.0865. The van der Waals surface area contributed by atoms with Gasteiger partial charge in [-0.3, -0.25) is 0 Å². The molecule has 1 unspecified atom stereocenters. The SMILES string of the molecule is CCOCCC(O)c1c(C)cc(C)cc1F. The minimum absolute atomic E-state index is 0.332. The highest BCUT2D eigenvalue weighted by atomic mass is 19.1. The van der Waals surface area contributed by atoms with Gasteiger partial charge in [0.1, 0.15) is 5.82 Å². The first kappa shape index (κ1) is 13.1. The largest absolute Gasteiger partial charge is 0.388 e. The summed E-state index contributed by atoms with van der Waals surface area (Å²) in [5, 5.41) is 9.88. The second kappa shape index (κ2) is 5.97. The Bertz CT molecular complexity index is 327. The molecule has 1 aromatic rings. The fourth-order valence-electron chi connectivity index (χ4n) is 1.83. The van der Waals surface area contributed by atoms with Crippen LogP contribution in [0.3, 0.4) is 0 Å². The molecule has 0 aliphatic rings. The zero-order chi connectivity index (χ0) is 12.1. The van der Waals surface area contributed by atoms with Crippen LogP contribution in [0, 0.1) is 19.7 Å². The van der Waals surface area contributed by atoms with E-state index in [0.29, 0.717) is 25.2 Å². The van der Waals surface area contributed by atoms with Crippen LogP contribution < -0.4 is 0 Å². The van der Waals surface area contributed by atoms with Crippen molar-refractivity contribution in [1.82, 2.24) is 0 Å². The number of halogens is 1. The van der Waals surface area contributed by atoms with E-state index in [1.807, 2.05) is 26.8 Å². The normalized spacial score (nSPS) is 12.8. The highest BCUT2D eigenvalue weighted by Gasteiger charge is 2.15. The average Bonchev–Trinajstić information content (AvgIpc) is 2.16. The standard InChI is InChI=1S/C13H19FO2/c1-4-16-6-5-12(15)13-10(3)7-9(2)8-11(13)14/h7-8,12,15H,4-6H2,1-3H3. The Morgan fingerprint density at radius 2 is 2.06 bits per heavy atom. The van der Waals surface area contributed by atoms with E-state index in [1.54, 1.807) is 0 Å². The number of aryl methyl sites for hydroxylation is 2. The molecule has 16 heavy (non-hydrogen) atoms. The number of aliphatic hydroxyl groups is 1. The number of hydrogen-bond donors (Lipinski definition) is 1. The average molecular weight is 226 g/mol. The van der Waals surface area contributed by atoms with Crippen molar-refractivity contribution in [2.75, 3.05) is 13.2 Å². The van der Waals surface area contributed by atoms with Crippen molar-refractivity contribution in [3.8, 4) is 0 Å². The molecular formula is C13H19FO2. The molecule has 90 valence electrons. The number of rotatable bonds is 5. The van der Waals surface area contributed by atoms with Crippen molar-refractivity contribution in [3.63, 3.8) is 0 Å². The maximum absolute atomic E-state index is 13.7. The monoisotopic (exact) mass is 226 g/mol. The zero-order valence-corrected chi connectivity index (χ0v) is 10.1. The van der Waals surface area contributed by atoms with Gasteiger partial charge in [-0.15, -0.1) is 0 Å². The van der Waals surface area contributed by atoms with E-state index in [2.05, 4.69) is 0 Å². The molecule has 1 rings (SSSR count). The van der Waals surface area contributed by atoms with E-state index < -0.39 is 6.10 Å². The van der Waals surface area contributed by atoms with Crippen molar-refractivity contribution in [3.05, 3.63) is 34.6 Å². The zero-order valence-electron chi connectivity index (χ0n) is 10.1. The second-order valence-corrected chi connectivity index (χ2v) is 3.98. The summed E-state index contributed by atoms with van der Waals surface area (Å²) >= 11 is 0. The molecule has 0 saturated heterocycles. The van der Waals surface area contributed by atoms with E-state index in [-0.39, 0.29) is 5.82 Å². The Kier molecular flexibility index (Phi) is 4.90. The topological polar surface area (TPSA) is 29.5 Å². The van der Waals surface area contributed by atoms with Gasteiger partial charge in [-0.2, -0.15) is 0 Å². The Labute approximate surface area is 96.1 Å². The fourth-order valence-corrected chi connectivity index (χ4v) is 1.83. The van der Waals surface area contributed by atoms with Gasteiger partial charge in [0.25, 0.3) is 0 Å². The van der Waals surface area contributed by atoms with E-state index >= 15 is 0 Å². The Morgan fingerprint density at radius 3 is 2.62 bits per heavy atom. The third-order valence-electron chi connectivity index (χ3n) is 2.55. The molecule has 0 spiro atoms. The van der Waals surface area contributed by atoms with E-state index in [0.717, 1.165) is 11.1 Å². The molecule has 3 heteroatoms. The predicted octanol–water partition coefficient (Wildman–Crippen LogP) is 2.90. The molecule has 0 radical (unpaired) electrons. The lowest BCUT2D eigenvalue weighted by atomic mass is 9.98. The van der Waals surface area contributed by atoms with Crippen molar-refractivity contribution in [2.45, 2.75) is 33.3 Å². The third kappa shape index (κ3) is 3.29. The van der Waals surface area contributed by atoms with Crippen molar-refractivity contribution in [1.29, 1.82) is 0 Å². The number of ether oxygens (including phenoxy) is 1. The molecule has 0 aliphatic carbocycles. The third-order valence-corrected chi connectivity index (χ3v) is 2.55. The van der Waals surface area contributed by atoms with Crippen LogP contribution in [-0.2, 0) is 4.74 Å². The smallest absolute Gasteiger partial charge is 0.129 e. The van der Waals surface area contributed by atoms with Gasteiger partial charge in [0.15, 0.2) is 0 Å². The molecule has 0 heterocycles. The fraction of sp³-hybridized carbons (Fsp3) is 0.538. The molecule has 0 bridgehead atoms. The van der Waals surface area contributed by atoms with Crippen LogP contribution in [0.5, 0.6) is 0 Å². The number of benzene rings is 1. The molecule has 1 aromatic carbocycles. The van der Waals surface area contributed by atoms with Gasteiger partial charge in [0.05, 0.1) is 6.10 Å². The summed E-state index contributed by atoms with van der Waals surface area (Å²) in [6, 6.07) is 3.33. The van der Waals surface area contributed by atoms with E-state index in [1.165, 1.54) is 6.07 Å². The molecule has 0 fully saturated rings. The van der Waals surface area contributed by atoms with Gasteiger partial charge < -0.3 is 9.84 Å². The molecule has 0 aliphatic heterocycles. The highest BCUT2D eigenvalue weighted by molar-refractivity contribution is 5.33. The first-order valence-corrected chi connectivity index (χ1v) is 5.58. The first-order chi connectivity index (χ1) is 7.56. The highest BCUT2D eigenvalue weighted by Crippen LogP contribution is 2.25. The number of hydrogen-bond acceptors (Lipinski definition) is 2. The minimum atomic E-state index is -0.785. The van der Waals surface area contributed by atoms with Crippen LogP contribution in [0.2, 0.25) is 0 Å². The predicted molar refractivity (Wildman–Crippen MR) is 61.9 cm³/mol. The maximum Gasteiger partial charge on any atom is 0.129 e. The van der Waals surface area contributed by atoms with Gasteiger partial charge in [-0.05, 0) is 38.0 Å². The van der Waals surface area contributed by atoms with Crippen LogP contribution in [0.4, 0.5) is 4.39 Å². The summed E-state index contributed by atoms with van der Waals surface area (Å²) < 4.78 is 18.8. The van der Waals surface area contributed by atoms with Crippen LogP contribution in [-0.4, -0.2) is 18.3 Å². The van der Waals surface area contributed by atoms with E-state index in [4.69, 9.17) is 4.74 Å². The molecular weight excluding hydrogens is 207 g/mol. The van der Waals surface area contributed by atoms with Gasteiger partial charge >= 0.3 is 0 Å². The van der Waals surface area contributed by atoms with Gasteiger partial charge in [0.2, 0.25) is 0 Å². The summed E-state index contributed by atoms with van der Waals surface area (Å²) in [5.74, 6) is -0.332. The lowest BCUT2D eigenvalue weighted by Crippen LogP contribution is -2.07. The van der Waals surface area contributed by atoms with Crippen molar-refractivity contribution < 1.29 is 14.2 Å². The van der Waals surface area contributed by atoms with Crippen LogP contribution in [0.15, 0.2) is 12.1 Å². The van der Waals surface area contributed by atoms with Crippen molar-refractivity contribution in [2.24, 2.45) is 0 Å². The maximum atomic E-state index is 13.7. The van der Waals surface area contributed by atoms with Crippen LogP contribution >= 0.6 is 0 Å². The summed E-state index contributed by atoms with van der Waals surface area (Å²) in [4.78, 5) is 0. The summed E-state index contributed by atoms with van der Waals surface area (Å²) in [5.41, 5.74) is 2.06. The second-order valence-electron chi connectivity index (χ2n) is 3.98. The summed E-state index contributed by atoms with van der Waals surface area (Å²) in [6.45, 7) is 6.61. The summed E-state index contributed by atoms with van der Waals surface area (Å²) in [6.07, 6.45) is -0.360. The first-order valence-electron chi connectivity index (χ1n) is 5.58. The molecule has 2 nitrogen and oxygen atoms in total. The minimum Gasteiger partial charge on any atom is -0.388 e. The Hall–Kier alpha value is -0.930. The molecule has 0 saturated carbocycles. The lowest BCUT2D eigenvalue weighted by Gasteiger charge is -2.15. The molecule has 0 aromatic heterocycles. The molecule has 1 N–H and O–H groups in total. The van der Waals surface area contributed by atoms with Gasteiger partial charge in [0, 0.05) is 25.2 Å². The van der Waals surface area contributed by atoms with Gasteiger partial charge in [-0.1, -0.05) is 6.07 Å². The Balaban J connectivity index is 2.78. The van der Waals surface area contributed by atoms with Crippen LogP contribution in [0.25, 0.3) is 0 Å². The van der Waals surface area contributed by atoms with Crippen LogP contribution in [0.1, 0.15) is 36.1 Å². The van der Waals surface area contributed by atoms with Gasteiger partial charge in [-0.25, -0.2) is 4.39 Å². The molecule has 0 amide bonds.